The summed E-state index contributed by atoms with van der Waals surface area (Å²) in [6.45, 7) is 6.34. The second kappa shape index (κ2) is 9.88. The summed E-state index contributed by atoms with van der Waals surface area (Å²) < 4.78 is 0. The van der Waals surface area contributed by atoms with Gasteiger partial charge in [0, 0.05) is 38.3 Å². The first-order valence-electron chi connectivity index (χ1n) is 10.5. The molecular formula is C22H33N3O2. The molecule has 5 heteroatoms. The topological polar surface area (TPSA) is 52.7 Å². The summed E-state index contributed by atoms with van der Waals surface area (Å²) in [7, 11) is 0. The smallest absolute Gasteiger partial charge is 0.253 e. The third kappa shape index (κ3) is 6.06. The van der Waals surface area contributed by atoms with Crippen LogP contribution in [0.3, 0.4) is 0 Å². The molecule has 0 aromatic heterocycles. The predicted octanol–water partition coefficient (Wildman–Crippen LogP) is 2.84. The number of benzene rings is 1. The maximum absolute atomic E-state index is 12.7. The standard InChI is InChI=1S/C22H33N3O2/c1-18-7-5-10-20(15-18)22(27)25-12-6-11-24(13-14-25)17-21(26)23-16-19-8-3-2-4-9-19/h5,7,10,15,19H,2-4,6,8-9,11-14,16-17H2,1H3,(H,23,26). The van der Waals surface area contributed by atoms with Gasteiger partial charge in [0.15, 0.2) is 0 Å². The van der Waals surface area contributed by atoms with E-state index in [1.807, 2.05) is 36.1 Å². The van der Waals surface area contributed by atoms with Crippen LogP contribution in [0.15, 0.2) is 24.3 Å². The van der Waals surface area contributed by atoms with Crippen LogP contribution < -0.4 is 5.32 Å². The molecule has 1 aromatic rings. The Hall–Kier alpha value is -1.88. The van der Waals surface area contributed by atoms with Crippen molar-refractivity contribution >= 4 is 11.8 Å². The van der Waals surface area contributed by atoms with E-state index < -0.39 is 0 Å². The van der Waals surface area contributed by atoms with Crippen molar-refractivity contribution in [2.45, 2.75) is 45.4 Å². The van der Waals surface area contributed by atoms with Crippen molar-refractivity contribution in [2.75, 3.05) is 39.3 Å². The summed E-state index contributed by atoms with van der Waals surface area (Å²) in [5.41, 5.74) is 1.86. The Kier molecular flexibility index (Phi) is 7.27. The van der Waals surface area contributed by atoms with Crippen molar-refractivity contribution in [1.82, 2.24) is 15.1 Å². The normalized spacial score (nSPS) is 19.5. The van der Waals surface area contributed by atoms with Gasteiger partial charge in [-0.25, -0.2) is 0 Å². The summed E-state index contributed by atoms with van der Waals surface area (Å²) in [6, 6.07) is 7.77. The van der Waals surface area contributed by atoms with E-state index in [4.69, 9.17) is 0 Å². The lowest BCUT2D eigenvalue weighted by molar-refractivity contribution is -0.122. The Balaban J connectivity index is 1.43. The minimum Gasteiger partial charge on any atom is -0.355 e. The monoisotopic (exact) mass is 371 g/mol. The molecule has 1 heterocycles. The zero-order valence-electron chi connectivity index (χ0n) is 16.6. The molecule has 1 aliphatic heterocycles. The summed E-state index contributed by atoms with van der Waals surface area (Å²) in [6.07, 6.45) is 7.36. The second-order valence-electron chi connectivity index (χ2n) is 8.10. The minimum atomic E-state index is 0.0994. The fourth-order valence-electron chi connectivity index (χ4n) is 4.20. The number of rotatable bonds is 5. The van der Waals surface area contributed by atoms with Crippen molar-refractivity contribution in [1.29, 1.82) is 0 Å². The van der Waals surface area contributed by atoms with E-state index in [0.29, 0.717) is 19.0 Å². The molecule has 2 fully saturated rings. The highest BCUT2D eigenvalue weighted by Crippen LogP contribution is 2.22. The van der Waals surface area contributed by atoms with Gasteiger partial charge in [-0.3, -0.25) is 14.5 Å². The lowest BCUT2D eigenvalue weighted by Crippen LogP contribution is -2.41. The number of amides is 2. The van der Waals surface area contributed by atoms with Crippen molar-refractivity contribution < 1.29 is 9.59 Å². The van der Waals surface area contributed by atoms with E-state index in [-0.39, 0.29) is 11.8 Å². The molecule has 2 amide bonds. The van der Waals surface area contributed by atoms with Gasteiger partial charge in [-0.2, -0.15) is 0 Å². The molecule has 5 nitrogen and oxygen atoms in total. The van der Waals surface area contributed by atoms with Gasteiger partial charge in [0.05, 0.1) is 6.54 Å². The molecular weight excluding hydrogens is 338 g/mol. The Morgan fingerprint density at radius 1 is 1.04 bits per heavy atom. The maximum Gasteiger partial charge on any atom is 0.253 e. The molecule has 0 atom stereocenters. The molecule has 0 spiro atoms. The highest BCUT2D eigenvalue weighted by Gasteiger charge is 2.22. The number of carbonyl (C=O) groups excluding carboxylic acids is 2. The summed E-state index contributed by atoms with van der Waals surface area (Å²) in [4.78, 5) is 29.2. The highest BCUT2D eigenvalue weighted by molar-refractivity contribution is 5.94. The quantitative estimate of drug-likeness (QED) is 0.866. The number of hydrogen-bond donors (Lipinski definition) is 1. The first-order valence-corrected chi connectivity index (χ1v) is 10.5. The van der Waals surface area contributed by atoms with Crippen LogP contribution in [0.4, 0.5) is 0 Å². The van der Waals surface area contributed by atoms with Gasteiger partial charge >= 0.3 is 0 Å². The van der Waals surface area contributed by atoms with Gasteiger partial charge in [-0.15, -0.1) is 0 Å². The van der Waals surface area contributed by atoms with E-state index in [0.717, 1.165) is 43.7 Å². The van der Waals surface area contributed by atoms with Crippen LogP contribution in [-0.4, -0.2) is 60.9 Å². The van der Waals surface area contributed by atoms with Gasteiger partial charge in [-0.05, 0) is 44.2 Å². The SMILES string of the molecule is Cc1cccc(C(=O)N2CCCN(CC(=O)NCC3CCCCC3)CC2)c1. The van der Waals surface area contributed by atoms with Gasteiger partial charge in [0.1, 0.15) is 0 Å². The molecule has 1 aromatic carbocycles. The van der Waals surface area contributed by atoms with Crippen LogP contribution in [-0.2, 0) is 4.79 Å². The Bertz CT molecular complexity index is 640. The average molecular weight is 372 g/mol. The Morgan fingerprint density at radius 2 is 1.85 bits per heavy atom. The van der Waals surface area contributed by atoms with E-state index in [9.17, 15) is 9.59 Å². The maximum atomic E-state index is 12.7. The van der Waals surface area contributed by atoms with E-state index in [1.54, 1.807) is 0 Å². The molecule has 27 heavy (non-hydrogen) atoms. The van der Waals surface area contributed by atoms with Crippen molar-refractivity contribution in [3.63, 3.8) is 0 Å². The van der Waals surface area contributed by atoms with Crippen LogP contribution in [0.5, 0.6) is 0 Å². The number of aryl methyl sites for hydroxylation is 1. The number of carbonyl (C=O) groups is 2. The second-order valence-corrected chi connectivity index (χ2v) is 8.10. The Morgan fingerprint density at radius 3 is 2.63 bits per heavy atom. The third-order valence-electron chi connectivity index (χ3n) is 5.82. The van der Waals surface area contributed by atoms with E-state index in [2.05, 4.69) is 10.2 Å². The van der Waals surface area contributed by atoms with Crippen LogP contribution in [0.2, 0.25) is 0 Å². The molecule has 0 unspecified atom stereocenters. The van der Waals surface area contributed by atoms with E-state index >= 15 is 0 Å². The van der Waals surface area contributed by atoms with Gasteiger partial charge < -0.3 is 10.2 Å². The van der Waals surface area contributed by atoms with Crippen molar-refractivity contribution in [3.05, 3.63) is 35.4 Å². The fraction of sp³-hybridized carbons (Fsp3) is 0.636. The van der Waals surface area contributed by atoms with Gasteiger partial charge in [-0.1, -0.05) is 37.0 Å². The average Bonchev–Trinajstić information content (AvgIpc) is 2.92. The summed E-state index contributed by atoms with van der Waals surface area (Å²) in [5.74, 6) is 0.885. The highest BCUT2D eigenvalue weighted by atomic mass is 16.2. The lowest BCUT2D eigenvalue weighted by Gasteiger charge is -2.24. The van der Waals surface area contributed by atoms with Gasteiger partial charge in [0.25, 0.3) is 5.91 Å². The van der Waals surface area contributed by atoms with Crippen molar-refractivity contribution in [2.24, 2.45) is 5.92 Å². The molecule has 1 N–H and O–H groups in total. The summed E-state index contributed by atoms with van der Waals surface area (Å²) >= 11 is 0. The summed E-state index contributed by atoms with van der Waals surface area (Å²) in [5, 5.41) is 3.12. The molecule has 1 aliphatic carbocycles. The molecule has 0 radical (unpaired) electrons. The molecule has 1 saturated heterocycles. The number of nitrogens with one attached hydrogen (secondary N) is 1. The number of nitrogens with zero attached hydrogens (tertiary/aromatic N) is 2. The minimum absolute atomic E-state index is 0.0994. The zero-order valence-corrected chi connectivity index (χ0v) is 16.6. The van der Waals surface area contributed by atoms with Crippen LogP contribution in [0.25, 0.3) is 0 Å². The molecule has 2 aliphatic rings. The number of hydrogen-bond acceptors (Lipinski definition) is 3. The lowest BCUT2D eigenvalue weighted by atomic mass is 9.89. The molecule has 3 rings (SSSR count). The molecule has 1 saturated carbocycles. The largest absolute Gasteiger partial charge is 0.355 e. The molecule has 0 bridgehead atoms. The van der Waals surface area contributed by atoms with E-state index in [1.165, 1.54) is 32.1 Å². The van der Waals surface area contributed by atoms with Crippen LogP contribution in [0.1, 0.15) is 54.4 Å². The zero-order chi connectivity index (χ0) is 19.1. The van der Waals surface area contributed by atoms with Crippen LogP contribution >= 0.6 is 0 Å². The first kappa shape index (κ1) is 19.9. The van der Waals surface area contributed by atoms with Crippen LogP contribution in [0, 0.1) is 12.8 Å². The third-order valence-corrected chi connectivity index (χ3v) is 5.82. The first-order chi connectivity index (χ1) is 13.1. The predicted molar refractivity (Wildman–Crippen MR) is 108 cm³/mol. The molecule has 148 valence electrons. The van der Waals surface area contributed by atoms with Gasteiger partial charge in [0.2, 0.25) is 5.91 Å². The van der Waals surface area contributed by atoms with Crippen molar-refractivity contribution in [3.8, 4) is 0 Å². The Labute approximate surface area is 163 Å². The fourth-order valence-corrected chi connectivity index (χ4v) is 4.20.